The third-order valence-electron chi connectivity index (χ3n) is 5.55. The molecular weight excluding hydrogens is 329 g/mol. The van der Waals surface area contributed by atoms with Crippen molar-refractivity contribution in [2.24, 2.45) is 0 Å². The van der Waals surface area contributed by atoms with E-state index in [2.05, 4.69) is 25.6 Å². The SMILES string of the molecule is Nc1c(F)cc(-c2ccc3c(c2)ncn3C2CCCCC2)c2nc[nH]c12. The number of nitrogen functional groups attached to an aromatic ring is 1. The molecule has 0 saturated heterocycles. The van der Waals surface area contributed by atoms with Gasteiger partial charge < -0.3 is 15.3 Å². The Bertz CT molecular complexity index is 1100. The fourth-order valence-electron chi connectivity index (χ4n) is 4.17. The zero-order valence-electron chi connectivity index (χ0n) is 14.4. The lowest BCUT2D eigenvalue weighted by molar-refractivity contribution is 0.359. The number of hydrogen-bond acceptors (Lipinski definition) is 3. The number of aromatic amines is 1. The first-order chi connectivity index (χ1) is 12.7. The van der Waals surface area contributed by atoms with E-state index >= 15 is 0 Å². The maximum absolute atomic E-state index is 14.2. The number of aromatic nitrogens is 4. The lowest BCUT2D eigenvalue weighted by atomic mass is 9.95. The number of nitrogens with one attached hydrogen (secondary N) is 1. The molecule has 5 nitrogen and oxygen atoms in total. The van der Waals surface area contributed by atoms with Crippen LogP contribution >= 0.6 is 0 Å². The van der Waals surface area contributed by atoms with Crippen LogP contribution in [0.25, 0.3) is 33.2 Å². The molecular formula is C20H20FN5. The molecule has 1 aliphatic rings. The van der Waals surface area contributed by atoms with Gasteiger partial charge in [0.2, 0.25) is 0 Å². The Hall–Kier alpha value is -2.89. The van der Waals surface area contributed by atoms with E-state index in [1.807, 2.05) is 18.5 Å². The molecule has 4 aromatic rings. The second kappa shape index (κ2) is 5.83. The third-order valence-corrected chi connectivity index (χ3v) is 5.55. The lowest BCUT2D eigenvalue weighted by Gasteiger charge is -2.23. The van der Waals surface area contributed by atoms with Crippen LogP contribution in [0.2, 0.25) is 0 Å². The number of imidazole rings is 2. The van der Waals surface area contributed by atoms with Crippen molar-refractivity contribution < 1.29 is 4.39 Å². The molecule has 0 atom stereocenters. The highest BCUT2D eigenvalue weighted by atomic mass is 19.1. The zero-order valence-corrected chi connectivity index (χ0v) is 14.4. The summed E-state index contributed by atoms with van der Waals surface area (Å²) in [5.74, 6) is -0.440. The summed E-state index contributed by atoms with van der Waals surface area (Å²) in [6.07, 6.45) is 9.80. The first-order valence-electron chi connectivity index (χ1n) is 9.10. The molecule has 0 spiro atoms. The second-order valence-electron chi connectivity index (χ2n) is 7.09. The number of H-pyrrole nitrogens is 1. The van der Waals surface area contributed by atoms with Gasteiger partial charge in [-0.05, 0) is 36.6 Å². The Morgan fingerprint density at radius 1 is 1.12 bits per heavy atom. The Balaban J connectivity index is 1.63. The predicted molar refractivity (Wildman–Crippen MR) is 101 cm³/mol. The molecule has 3 N–H and O–H groups in total. The van der Waals surface area contributed by atoms with Crippen molar-refractivity contribution in [1.29, 1.82) is 0 Å². The molecule has 5 rings (SSSR count). The molecule has 0 unspecified atom stereocenters. The van der Waals surface area contributed by atoms with Gasteiger partial charge in [-0.25, -0.2) is 14.4 Å². The quantitative estimate of drug-likeness (QED) is 0.510. The minimum Gasteiger partial charge on any atom is -0.395 e. The topological polar surface area (TPSA) is 72.5 Å². The van der Waals surface area contributed by atoms with Gasteiger partial charge in [-0.3, -0.25) is 0 Å². The monoisotopic (exact) mass is 349 g/mol. The van der Waals surface area contributed by atoms with Crippen LogP contribution in [-0.4, -0.2) is 19.5 Å². The van der Waals surface area contributed by atoms with E-state index in [4.69, 9.17) is 5.73 Å². The molecule has 1 fully saturated rings. The van der Waals surface area contributed by atoms with Crippen LogP contribution in [0.3, 0.4) is 0 Å². The number of benzene rings is 2. The Morgan fingerprint density at radius 2 is 1.96 bits per heavy atom. The Labute approximate surface area is 150 Å². The normalized spacial score (nSPS) is 15.9. The average Bonchev–Trinajstić information content (AvgIpc) is 3.32. The summed E-state index contributed by atoms with van der Waals surface area (Å²) < 4.78 is 16.5. The third kappa shape index (κ3) is 2.29. The summed E-state index contributed by atoms with van der Waals surface area (Å²) in [4.78, 5) is 11.9. The number of anilines is 1. The molecule has 132 valence electrons. The lowest BCUT2D eigenvalue weighted by Crippen LogP contribution is -2.11. The maximum Gasteiger partial charge on any atom is 0.149 e. The summed E-state index contributed by atoms with van der Waals surface area (Å²) >= 11 is 0. The number of hydrogen-bond donors (Lipinski definition) is 2. The summed E-state index contributed by atoms with van der Waals surface area (Å²) in [5, 5.41) is 0. The van der Waals surface area contributed by atoms with E-state index in [1.165, 1.54) is 38.2 Å². The standard InChI is InChI=1S/C20H20FN5/c21-15-9-14(19-20(18(15)22)24-10-23-19)12-6-7-17-16(8-12)25-11-26(17)13-4-2-1-3-5-13/h6-11,13H,1-5,22H2,(H,23,24). The van der Waals surface area contributed by atoms with E-state index in [9.17, 15) is 4.39 Å². The van der Waals surface area contributed by atoms with E-state index in [0.717, 1.165) is 22.2 Å². The summed E-state index contributed by atoms with van der Waals surface area (Å²) in [6.45, 7) is 0. The second-order valence-corrected chi connectivity index (χ2v) is 7.09. The van der Waals surface area contributed by atoms with E-state index in [-0.39, 0.29) is 5.69 Å². The van der Waals surface area contributed by atoms with Gasteiger partial charge in [0, 0.05) is 11.6 Å². The molecule has 2 heterocycles. The molecule has 1 aliphatic carbocycles. The van der Waals surface area contributed by atoms with Crippen LogP contribution in [0.1, 0.15) is 38.1 Å². The summed E-state index contributed by atoms with van der Waals surface area (Å²) in [5.41, 5.74) is 10.8. The number of nitrogens with two attached hydrogens (primary N) is 1. The van der Waals surface area contributed by atoms with Crippen LogP contribution < -0.4 is 5.73 Å². The van der Waals surface area contributed by atoms with Gasteiger partial charge in [0.05, 0.1) is 40.4 Å². The highest BCUT2D eigenvalue weighted by Crippen LogP contribution is 2.35. The highest BCUT2D eigenvalue weighted by molar-refractivity contribution is 5.99. The minimum absolute atomic E-state index is 0.101. The van der Waals surface area contributed by atoms with Crippen LogP contribution in [0, 0.1) is 5.82 Å². The molecule has 0 aliphatic heterocycles. The molecule has 0 amide bonds. The van der Waals surface area contributed by atoms with E-state index < -0.39 is 5.82 Å². The molecule has 6 heteroatoms. The van der Waals surface area contributed by atoms with Crippen LogP contribution in [-0.2, 0) is 0 Å². The van der Waals surface area contributed by atoms with Crippen LogP contribution in [0.4, 0.5) is 10.1 Å². The highest BCUT2D eigenvalue weighted by Gasteiger charge is 2.18. The Morgan fingerprint density at radius 3 is 2.81 bits per heavy atom. The predicted octanol–water partition coefficient (Wildman–Crippen LogP) is 4.81. The fourth-order valence-corrected chi connectivity index (χ4v) is 4.17. The number of fused-ring (bicyclic) bond motifs is 2. The summed E-state index contributed by atoms with van der Waals surface area (Å²) in [7, 11) is 0. The Kier molecular flexibility index (Phi) is 3.45. The molecule has 26 heavy (non-hydrogen) atoms. The van der Waals surface area contributed by atoms with Crippen molar-refractivity contribution in [2.75, 3.05) is 5.73 Å². The smallest absolute Gasteiger partial charge is 0.149 e. The van der Waals surface area contributed by atoms with Crippen molar-refractivity contribution >= 4 is 27.8 Å². The maximum atomic E-state index is 14.2. The first-order valence-corrected chi connectivity index (χ1v) is 9.10. The van der Waals surface area contributed by atoms with Crippen molar-refractivity contribution in [1.82, 2.24) is 19.5 Å². The van der Waals surface area contributed by atoms with Crippen molar-refractivity contribution in [3.63, 3.8) is 0 Å². The fraction of sp³-hybridized carbons (Fsp3) is 0.300. The first kappa shape index (κ1) is 15.4. The molecule has 0 radical (unpaired) electrons. The molecule has 1 saturated carbocycles. The van der Waals surface area contributed by atoms with Gasteiger partial charge >= 0.3 is 0 Å². The summed E-state index contributed by atoms with van der Waals surface area (Å²) in [6, 6.07) is 8.10. The van der Waals surface area contributed by atoms with Crippen LogP contribution in [0.15, 0.2) is 36.9 Å². The van der Waals surface area contributed by atoms with Crippen molar-refractivity contribution in [2.45, 2.75) is 38.1 Å². The van der Waals surface area contributed by atoms with Crippen molar-refractivity contribution in [3.8, 4) is 11.1 Å². The van der Waals surface area contributed by atoms with Gasteiger partial charge in [0.15, 0.2) is 0 Å². The van der Waals surface area contributed by atoms with E-state index in [1.54, 1.807) is 6.33 Å². The molecule has 0 bridgehead atoms. The molecule has 2 aromatic carbocycles. The van der Waals surface area contributed by atoms with Gasteiger partial charge in [0.1, 0.15) is 5.82 Å². The number of halogens is 1. The van der Waals surface area contributed by atoms with Gasteiger partial charge in [0.25, 0.3) is 0 Å². The number of rotatable bonds is 2. The van der Waals surface area contributed by atoms with Gasteiger partial charge in [-0.2, -0.15) is 0 Å². The van der Waals surface area contributed by atoms with E-state index in [0.29, 0.717) is 17.1 Å². The molecule has 2 aromatic heterocycles. The van der Waals surface area contributed by atoms with Crippen molar-refractivity contribution in [3.05, 3.63) is 42.7 Å². The average molecular weight is 349 g/mol. The van der Waals surface area contributed by atoms with Gasteiger partial charge in [-0.1, -0.05) is 25.3 Å². The largest absolute Gasteiger partial charge is 0.395 e. The van der Waals surface area contributed by atoms with Crippen LogP contribution in [0.5, 0.6) is 0 Å². The van der Waals surface area contributed by atoms with Gasteiger partial charge in [-0.15, -0.1) is 0 Å². The number of nitrogens with zero attached hydrogens (tertiary/aromatic N) is 3. The minimum atomic E-state index is -0.440. The zero-order chi connectivity index (χ0) is 17.7.